The molecule has 1 aromatic rings. The largest absolute Gasteiger partial charge is 0.504 e. The third-order valence-corrected chi connectivity index (χ3v) is 2.75. The van der Waals surface area contributed by atoms with Gasteiger partial charge < -0.3 is 25.4 Å². The Bertz CT molecular complexity index is 502. The highest BCUT2D eigenvalue weighted by Crippen LogP contribution is 2.32. The Morgan fingerprint density at radius 3 is 2.60 bits per heavy atom. The maximum atomic E-state index is 11.0. The lowest BCUT2D eigenvalue weighted by Gasteiger charge is -2.20. The summed E-state index contributed by atoms with van der Waals surface area (Å²) >= 11 is 0. The molecular weight excluding hydrogens is 266 g/mol. The molecule has 0 aliphatic carbocycles. The van der Waals surface area contributed by atoms with Crippen molar-refractivity contribution in [1.82, 2.24) is 5.32 Å². The Labute approximate surface area is 115 Å². The van der Waals surface area contributed by atoms with Gasteiger partial charge in [0.05, 0.1) is 7.11 Å². The third kappa shape index (κ3) is 3.69. The number of rotatable bonds is 6. The van der Waals surface area contributed by atoms with E-state index in [2.05, 4.69) is 5.32 Å². The van der Waals surface area contributed by atoms with E-state index in [1.165, 1.54) is 20.1 Å². The molecule has 7 nitrogen and oxygen atoms in total. The predicted molar refractivity (Wildman–Crippen MR) is 69.7 cm³/mol. The van der Waals surface area contributed by atoms with Crippen LogP contribution in [0.2, 0.25) is 0 Å². The maximum absolute atomic E-state index is 11.0. The van der Waals surface area contributed by atoms with Gasteiger partial charge in [-0.3, -0.25) is 9.59 Å². The van der Waals surface area contributed by atoms with Crippen molar-refractivity contribution >= 4 is 12.2 Å². The molecule has 1 rings (SSSR count). The minimum absolute atomic E-state index is 0.0256. The van der Waals surface area contributed by atoms with Gasteiger partial charge in [-0.1, -0.05) is 0 Å². The fraction of sp³-hybridized carbons (Fsp3) is 0.385. The minimum atomic E-state index is -1.41. The summed E-state index contributed by atoms with van der Waals surface area (Å²) in [6.07, 6.45) is -2.26. The molecule has 0 saturated carbocycles. The summed E-state index contributed by atoms with van der Waals surface area (Å²) in [4.78, 5) is 21.7. The van der Waals surface area contributed by atoms with Crippen LogP contribution in [0.25, 0.3) is 0 Å². The fourth-order valence-electron chi connectivity index (χ4n) is 1.69. The number of benzene rings is 1. The number of aldehydes is 1. The van der Waals surface area contributed by atoms with E-state index in [1.54, 1.807) is 0 Å². The zero-order valence-electron chi connectivity index (χ0n) is 11.2. The molecule has 0 bridgehead atoms. The SMILES string of the molecule is COc1cc(C(O)C(O)CNC(C)=O)c(C=O)cc1O. The van der Waals surface area contributed by atoms with Crippen LogP contribution in [0.4, 0.5) is 0 Å². The van der Waals surface area contributed by atoms with Crippen molar-refractivity contribution < 1.29 is 29.6 Å². The molecular formula is C13H17NO6. The molecule has 2 atom stereocenters. The van der Waals surface area contributed by atoms with Crippen LogP contribution >= 0.6 is 0 Å². The Morgan fingerprint density at radius 1 is 1.45 bits per heavy atom. The molecule has 0 heterocycles. The van der Waals surface area contributed by atoms with E-state index in [0.29, 0.717) is 6.29 Å². The number of nitrogens with one attached hydrogen (secondary N) is 1. The summed E-state index contributed by atoms with van der Waals surface area (Å²) in [5.74, 6) is -0.534. The summed E-state index contributed by atoms with van der Waals surface area (Å²) in [5.41, 5.74) is 0.130. The average Bonchev–Trinajstić information content (AvgIpc) is 2.43. The number of carbonyl (C=O) groups excluding carboxylic acids is 2. The summed E-state index contributed by atoms with van der Waals surface area (Å²) in [7, 11) is 1.32. The first-order valence-electron chi connectivity index (χ1n) is 5.87. The monoisotopic (exact) mass is 283 g/mol. The molecule has 0 saturated heterocycles. The number of ether oxygens (including phenoxy) is 1. The lowest BCUT2D eigenvalue weighted by atomic mass is 9.98. The smallest absolute Gasteiger partial charge is 0.216 e. The Hall–Kier alpha value is -2.12. The van der Waals surface area contributed by atoms with Crippen molar-refractivity contribution in [2.24, 2.45) is 0 Å². The molecule has 0 aliphatic rings. The van der Waals surface area contributed by atoms with E-state index < -0.39 is 12.2 Å². The number of phenolic OH excluding ortho intramolecular Hbond substituents is 1. The van der Waals surface area contributed by atoms with E-state index in [9.17, 15) is 24.9 Å². The molecule has 0 fully saturated rings. The van der Waals surface area contributed by atoms with Gasteiger partial charge in [0.2, 0.25) is 5.91 Å². The Balaban J connectivity index is 3.03. The van der Waals surface area contributed by atoms with E-state index in [-0.39, 0.29) is 35.1 Å². The predicted octanol–water partition coefficient (Wildman–Crippen LogP) is -0.256. The molecule has 0 radical (unpaired) electrons. The summed E-state index contributed by atoms with van der Waals surface area (Å²) in [6, 6.07) is 2.40. The van der Waals surface area contributed by atoms with Crippen LogP contribution in [0.5, 0.6) is 11.5 Å². The number of hydrogen-bond acceptors (Lipinski definition) is 6. The number of aliphatic hydroxyl groups is 2. The number of aliphatic hydroxyl groups excluding tert-OH is 2. The molecule has 0 aliphatic heterocycles. The summed E-state index contributed by atoms with van der Waals surface area (Å²) in [5, 5.41) is 31.7. The van der Waals surface area contributed by atoms with Gasteiger partial charge in [-0.15, -0.1) is 0 Å². The lowest BCUT2D eigenvalue weighted by Crippen LogP contribution is -2.34. The first-order chi connectivity index (χ1) is 9.40. The van der Waals surface area contributed by atoms with Crippen LogP contribution in [0.3, 0.4) is 0 Å². The van der Waals surface area contributed by atoms with Gasteiger partial charge in [0.1, 0.15) is 12.2 Å². The van der Waals surface area contributed by atoms with Crippen LogP contribution in [0.15, 0.2) is 12.1 Å². The van der Waals surface area contributed by atoms with Crippen molar-refractivity contribution in [1.29, 1.82) is 0 Å². The number of aromatic hydroxyl groups is 1. The number of carbonyl (C=O) groups is 2. The molecule has 2 unspecified atom stereocenters. The maximum Gasteiger partial charge on any atom is 0.216 e. The minimum Gasteiger partial charge on any atom is -0.504 e. The van der Waals surface area contributed by atoms with Gasteiger partial charge in [0, 0.05) is 19.0 Å². The second-order valence-corrected chi connectivity index (χ2v) is 4.22. The zero-order chi connectivity index (χ0) is 15.3. The molecule has 0 aromatic heterocycles. The number of phenols is 1. The standard InChI is InChI=1S/C13H17NO6/c1-7(16)14-5-11(18)13(19)9-4-12(20-2)10(17)3-8(9)6-15/h3-4,6,11,13,17-19H,5H2,1-2H3,(H,14,16). The van der Waals surface area contributed by atoms with Gasteiger partial charge in [-0.2, -0.15) is 0 Å². The van der Waals surface area contributed by atoms with Gasteiger partial charge >= 0.3 is 0 Å². The van der Waals surface area contributed by atoms with Gasteiger partial charge in [-0.05, 0) is 17.7 Å². The highest BCUT2D eigenvalue weighted by molar-refractivity contribution is 5.79. The first-order valence-corrected chi connectivity index (χ1v) is 5.87. The van der Waals surface area contributed by atoms with Crippen LogP contribution in [-0.4, -0.2) is 47.3 Å². The van der Waals surface area contributed by atoms with E-state index in [4.69, 9.17) is 4.74 Å². The van der Waals surface area contributed by atoms with Gasteiger partial charge in [0.25, 0.3) is 0 Å². The molecule has 7 heteroatoms. The normalized spacial score (nSPS) is 13.4. The topological polar surface area (TPSA) is 116 Å². The molecule has 1 aromatic carbocycles. The Morgan fingerprint density at radius 2 is 2.10 bits per heavy atom. The van der Waals surface area contributed by atoms with Crippen molar-refractivity contribution in [3.8, 4) is 11.5 Å². The molecule has 1 amide bonds. The second-order valence-electron chi connectivity index (χ2n) is 4.22. The van der Waals surface area contributed by atoms with E-state index in [1.807, 2.05) is 0 Å². The Kier molecular flexibility index (Phi) is 5.48. The first kappa shape index (κ1) is 15.9. The molecule has 0 spiro atoms. The zero-order valence-corrected chi connectivity index (χ0v) is 11.2. The highest BCUT2D eigenvalue weighted by Gasteiger charge is 2.23. The van der Waals surface area contributed by atoms with Crippen LogP contribution in [0, 0.1) is 0 Å². The van der Waals surface area contributed by atoms with Crippen LogP contribution < -0.4 is 10.1 Å². The second kappa shape index (κ2) is 6.88. The summed E-state index contributed by atoms with van der Waals surface area (Å²) in [6.45, 7) is 1.11. The highest BCUT2D eigenvalue weighted by atomic mass is 16.5. The van der Waals surface area contributed by atoms with E-state index >= 15 is 0 Å². The van der Waals surface area contributed by atoms with Crippen molar-refractivity contribution in [3.05, 3.63) is 23.3 Å². The van der Waals surface area contributed by atoms with Crippen molar-refractivity contribution in [2.75, 3.05) is 13.7 Å². The fourth-order valence-corrected chi connectivity index (χ4v) is 1.69. The van der Waals surface area contributed by atoms with Gasteiger partial charge in [0.15, 0.2) is 17.8 Å². The summed E-state index contributed by atoms with van der Waals surface area (Å²) < 4.78 is 4.88. The van der Waals surface area contributed by atoms with E-state index in [0.717, 1.165) is 6.07 Å². The average molecular weight is 283 g/mol. The third-order valence-electron chi connectivity index (χ3n) is 2.75. The lowest BCUT2D eigenvalue weighted by molar-refractivity contribution is -0.119. The molecule has 110 valence electrons. The number of methoxy groups -OCH3 is 1. The molecule has 4 N–H and O–H groups in total. The van der Waals surface area contributed by atoms with Gasteiger partial charge in [-0.25, -0.2) is 0 Å². The number of hydrogen-bond donors (Lipinski definition) is 4. The quantitative estimate of drug-likeness (QED) is 0.535. The van der Waals surface area contributed by atoms with Crippen LogP contribution in [0.1, 0.15) is 28.9 Å². The van der Waals surface area contributed by atoms with Crippen LogP contribution in [-0.2, 0) is 4.79 Å². The molecule has 20 heavy (non-hydrogen) atoms. The van der Waals surface area contributed by atoms with Crippen molar-refractivity contribution in [3.63, 3.8) is 0 Å². The van der Waals surface area contributed by atoms with Crippen molar-refractivity contribution in [2.45, 2.75) is 19.1 Å². The number of amides is 1.